The van der Waals surface area contributed by atoms with Crippen molar-refractivity contribution in [2.45, 2.75) is 0 Å². The Labute approximate surface area is 287 Å². The van der Waals surface area contributed by atoms with Crippen LogP contribution in [0.15, 0.2) is 154 Å². The van der Waals surface area contributed by atoms with Gasteiger partial charge in [-0.05, 0) is 84.9 Å². The summed E-state index contributed by atoms with van der Waals surface area (Å²) in [4.78, 5) is 7.30. The molecule has 0 aliphatic heterocycles. The smallest absolute Gasteiger partial charge is 0.227 e. The number of thiophene rings is 2. The molecule has 4 aromatic heterocycles. The van der Waals surface area contributed by atoms with Gasteiger partial charge in [-0.1, -0.05) is 54.6 Å². The third kappa shape index (κ3) is 4.11. The number of anilines is 3. The number of hydrogen-bond acceptors (Lipinski definition) is 6. The quantitative estimate of drug-likeness (QED) is 0.188. The molecule has 4 nitrogen and oxygen atoms in total. The van der Waals surface area contributed by atoms with Crippen LogP contribution in [0.3, 0.4) is 0 Å². The summed E-state index contributed by atoms with van der Waals surface area (Å²) in [6, 6.07) is 51.5. The van der Waals surface area contributed by atoms with Gasteiger partial charge in [0.2, 0.25) is 5.89 Å². The van der Waals surface area contributed by atoms with Crippen LogP contribution >= 0.6 is 22.7 Å². The maximum atomic E-state index is 6.56. The number of aromatic nitrogens is 1. The van der Waals surface area contributed by atoms with Crippen molar-refractivity contribution in [2.75, 3.05) is 4.90 Å². The molecule has 0 spiro atoms. The highest BCUT2D eigenvalue weighted by atomic mass is 32.1. The first-order valence-electron chi connectivity index (χ1n) is 16.2. The fourth-order valence-corrected chi connectivity index (χ4v) is 9.41. The van der Waals surface area contributed by atoms with Crippen LogP contribution in [0.4, 0.5) is 17.1 Å². The molecule has 49 heavy (non-hydrogen) atoms. The summed E-state index contributed by atoms with van der Waals surface area (Å²) in [5.74, 6) is 0.605. The van der Waals surface area contributed by atoms with Crippen molar-refractivity contribution in [1.29, 1.82) is 0 Å². The van der Waals surface area contributed by atoms with E-state index in [1.807, 2.05) is 65.1 Å². The van der Waals surface area contributed by atoms with Crippen molar-refractivity contribution in [3.05, 3.63) is 146 Å². The van der Waals surface area contributed by atoms with Gasteiger partial charge in [0.1, 0.15) is 16.7 Å². The van der Waals surface area contributed by atoms with Crippen molar-refractivity contribution in [3.8, 4) is 11.5 Å². The molecule has 11 aromatic rings. The summed E-state index contributed by atoms with van der Waals surface area (Å²) in [5, 5.41) is 7.06. The molecular weight excluding hydrogens is 641 g/mol. The predicted molar refractivity (Wildman–Crippen MR) is 207 cm³/mol. The normalized spacial score (nSPS) is 12.1. The second-order valence-electron chi connectivity index (χ2n) is 12.3. The highest BCUT2D eigenvalue weighted by Crippen LogP contribution is 2.45. The number of nitrogens with zero attached hydrogens (tertiary/aromatic N) is 2. The summed E-state index contributed by atoms with van der Waals surface area (Å²) in [6.45, 7) is 0. The molecule has 4 heterocycles. The predicted octanol–water partition coefficient (Wildman–Crippen LogP) is 13.6. The lowest BCUT2D eigenvalue weighted by Gasteiger charge is -2.26. The van der Waals surface area contributed by atoms with Crippen LogP contribution in [0.5, 0.6) is 0 Å². The molecule has 11 rings (SSSR count). The van der Waals surface area contributed by atoms with Crippen LogP contribution in [0.25, 0.3) is 84.8 Å². The second kappa shape index (κ2) is 10.3. The lowest BCUT2D eigenvalue weighted by Crippen LogP contribution is -2.09. The Balaban J connectivity index is 1.13. The molecule has 0 amide bonds. The largest absolute Gasteiger partial charge is 0.456 e. The van der Waals surface area contributed by atoms with Crippen molar-refractivity contribution in [2.24, 2.45) is 0 Å². The number of benzene rings is 7. The SMILES string of the molecule is c1ccc(-c2nc3c(ccc4oc5cc(N(c6ccc7sc8ccccc8c7c6)c6ccc7sc8ccccc8c7c6)ccc5c43)o2)cc1. The fraction of sp³-hybridized carbons (Fsp3) is 0. The standard InChI is InChI=1S/C43H24N2O2S2/c1-2-8-25(9-3-1)43-44-42-35(47-43)19-18-34-41(42)31-17-14-28(24-36(31)46-34)45(26-15-20-39-32(22-26)29-10-4-6-12-37(29)48-39)27-16-21-40-33(23-27)30-11-5-7-13-38(30)49-40/h1-24H. The Hall–Kier alpha value is -5.95. The maximum absolute atomic E-state index is 6.56. The van der Waals surface area contributed by atoms with E-state index < -0.39 is 0 Å². The van der Waals surface area contributed by atoms with Crippen LogP contribution in [0.1, 0.15) is 0 Å². The van der Waals surface area contributed by atoms with E-state index in [4.69, 9.17) is 13.8 Å². The van der Waals surface area contributed by atoms with Gasteiger partial charge in [0.05, 0.1) is 5.39 Å². The topological polar surface area (TPSA) is 42.4 Å². The Kier molecular flexibility index (Phi) is 5.67. The molecule has 0 saturated heterocycles. The molecule has 0 unspecified atom stereocenters. The van der Waals surface area contributed by atoms with E-state index in [0.29, 0.717) is 5.89 Å². The zero-order valence-corrected chi connectivity index (χ0v) is 27.5. The number of furan rings is 1. The first-order valence-corrected chi connectivity index (χ1v) is 17.8. The van der Waals surface area contributed by atoms with Crippen molar-refractivity contribution >= 4 is 113 Å². The monoisotopic (exact) mass is 664 g/mol. The summed E-state index contributed by atoms with van der Waals surface area (Å²) in [5.41, 5.74) is 7.30. The van der Waals surface area contributed by atoms with E-state index in [9.17, 15) is 0 Å². The van der Waals surface area contributed by atoms with Crippen molar-refractivity contribution < 1.29 is 8.83 Å². The van der Waals surface area contributed by atoms with Gasteiger partial charge in [0.15, 0.2) is 5.58 Å². The summed E-state index contributed by atoms with van der Waals surface area (Å²) >= 11 is 3.68. The highest BCUT2D eigenvalue weighted by molar-refractivity contribution is 7.26. The van der Waals surface area contributed by atoms with Gasteiger partial charge >= 0.3 is 0 Å². The molecule has 7 aromatic carbocycles. The van der Waals surface area contributed by atoms with E-state index in [0.717, 1.165) is 55.7 Å². The minimum absolute atomic E-state index is 0.605. The third-order valence-corrected chi connectivity index (χ3v) is 11.8. The molecule has 0 atom stereocenters. The van der Waals surface area contributed by atoms with Gasteiger partial charge in [0, 0.05) is 74.4 Å². The minimum atomic E-state index is 0.605. The van der Waals surface area contributed by atoms with Crippen LogP contribution < -0.4 is 4.90 Å². The van der Waals surface area contributed by atoms with Crippen molar-refractivity contribution in [1.82, 2.24) is 4.98 Å². The van der Waals surface area contributed by atoms with Crippen molar-refractivity contribution in [3.63, 3.8) is 0 Å². The van der Waals surface area contributed by atoms with Crippen LogP contribution in [0.2, 0.25) is 0 Å². The molecule has 6 heteroatoms. The Morgan fingerprint density at radius 3 is 1.69 bits per heavy atom. The third-order valence-electron chi connectivity index (χ3n) is 9.49. The average molecular weight is 665 g/mol. The van der Waals surface area contributed by atoms with Gasteiger partial charge < -0.3 is 13.7 Å². The zero-order chi connectivity index (χ0) is 32.1. The lowest BCUT2D eigenvalue weighted by molar-refractivity contribution is 0.619. The van der Waals surface area contributed by atoms with E-state index in [2.05, 4.69) is 108 Å². The van der Waals surface area contributed by atoms with Gasteiger partial charge in [0.25, 0.3) is 0 Å². The summed E-state index contributed by atoms with van der Waals surface area (Å²) in [6.07, 6.45) is 0. The summed E-state index contributed by atoms with van der Waals surface area (Å²) < 4.78 is 17.9. The Morgan fingerprint density at radius 2 is 1.00 bits per heavy atom. The van der Waals surface area contributed by atoms with Crippen LogP contribution in [0, 0.1) is 0 Å². The van der Waals surface area contributed by atoms with Gasteiger partial charge in [-0.3, -0.25) is 0 Å². The van der Waals surface area contributed by atoms with E-state index in [1.165, 1.54) is 40.3 Å². The van der Waals surface area contributed by atoms with E-state index >= 15 is 0 Å². The van der Waals surface area contributed by atoms with Gasteiger partial charge in [-0.2, -0.15) is 0 Å². The van der Waals surface area contributed by atoms with E-state index in [-0.39, 0.29) is 0 Å². The molecule has 0 fully saturated rings. The Morgan fingerprint density at radius 1 is 0.429 bits per heavy atom. The zero-order valence-electron chi connectivity index (χ0n) is 25.9. The molecule has 0 bridgehead atoms. The molecule has 0 N–H and O–H groups in total. The summed E-state index contributed by atoms with van der Waals surface area (Å²) in [7, 11) is 0. The van der Waals surface area contributed by atoms with Gasteiger partial charge in [-0.15, -0.1) is 22.7 Å². The van der Waals surface area contributed by atoms with E-state index in [1.54, 1.807) is 0 Å². The lowest BCUT2D eigenvalue weighted by atomic mass is 10.1. The van der Waals surface area contributed by atoms with Crippen LogP contribution in [-0.2, 0) is 0 Å². The number of fused-ring (bicyclic) bond motifs is 11. The molecule has 0 saturated carbocycles. The first kappa shape index (κ1) is 27.0. The van der Waals surface area contributed by atoms with Gasteiger partial charge in [-0.25, -0.2) is 4.98 Å². The molecule has 230 valence electrons. The number of hydrogen-bond donors (Lipinski definition) is 0. The molecule has 0 aliphatic carbocycles. The van der Waals surface area contributed by atoms with Crippen LogP contribution in [-0.4, -0.2) is 4.98 Å². The number of oxazole rings is 1. The first-order chi connectivity index (χ1) is 24.2. The maximum Gasteiger partial charge on any atom is 0.227 e. The fourth-order valence-electron chi connectivity index (χ4n) is 7.24. The molecule has 0 radical (unpaired) electrons. The molecular formula is C43H24N2O2S2. The minimum Gasteiger partial charge on any atom is -0.456 e. The highest BCUT2D eigenvalue weighted by Gasteiger charge is 2.20. The second-order valence-corrected chi connectivity index (χ2v) is 14.5. The Bertz CT molecular complexity index is 2960. The average Bonchev–Trinajstić information content (AvgIpc) is 3.92. The molecule has 0 aliphatic rings. The number of rotatable bonds is 4.